The Labute approximate surface area is 97.0 Å². The van der Waals surface area contributed by atoms with E-state index in [1.807, 2.05) is 0 Å². The van der Waals surface area contributed by atoms with Crippen molar-refractivity contribution >= 4 is 40.6 Å². The Morgan fingerprint density at radius 1 is 1.43 bits per heavy atom. The zero-order valence-corrected chi connectivity index (χ0v) is 9.66. The van der Waals surface area contributed by atoms with Gasteiger partial charge in [0.05, 0.1) is 16.7 Å². The molecule has 1 aromatic heterocycles. The molecule has 1 atom stereocenters. The van der Waals surface area contributed by atoms with Gasteiger partial charge in [-0.05, 0) is 13.0 Å². The van der Waals surface area contributed by atoms with Crippen LogP contribution in [0, 0.1) is 0 Å². The van der Waals surface area contributed by atoms with Crippen molar-refractivity contribution in [3.63, 3.8) is 0 Å². The van der Waals surface area contributed by atoms with Crippen molar-refractivity contribution < 1.29 is 5.11 Å². The Kier molecular flexibility index (Phi) is 4.26. The van der Waals surface area contributed by atoms with Crippen molar-refractivity contribution in [2.24, 2.45) is 0 Å². The second-order valence-corrected chi connectivity index (χ2v) is 3.99. The average Bonchev–Trinajstić information content (AvgIpc) is 2.14. The molecule has 78 valence electrons. The minimum Gasteiger partial charge on any atom is -0.394 e. The highest BCUT2D eigenvalue weighted by molar-refractivity contribution is 6.42. The van der Waals surface area contributed by atoms with Crippen molar-refractivity contribution in [1.29, 1.82) is 0 Å². The molecule has 14 heavy (non-hydrogen) atoms. The maximum atomic E-state index is 8.82. The minimum atomic E-state index is -0.141. The Balaban J connectivity index is 2.92. The lowest BCUT2D eigenvalue weighted by Crippen LogP contribution is -2.20. The number of aliphatic hydroxyl groups is 1. The lowest BCUT2D eigenvalue weighted by molar-refractivity contribution is 0.281. The van der Waals surface area contributed by atoms with Crippen LogP contribution in [0.2, 0.25) is 15.2 Å². The SMILES string of the molecule is CC(CO)Nc1nc(Cl)c(Cl)cc1Cl. The van der Waals surface area contributed by atoms with Crippen LogP contribution in [0.25, 0.3) is 0 Å². The van der Waals surface area contributed by atoms with Gasteiger partial charge in [-0.3, -0.25) is 0 Å². The van der Waals surface area contributed by atoms with E-state index in [0.717, 1.165) is 0 Å². The van der Waals surface area contributed by atoms with Gasteiger partial charge < -0.3 is 10.4 Å². The molecule has 0 aromatic carbocycles. The quantitative estimate of drug-likeness (QED) is 0.817. The third kappa shape index (κ3) is 2.89. The molecule has 0 radical (unpaired) electrons. The van der Waals surface area contributed by atoms with E-state index in [4.69, 9.17) is 39.9 Å². The fourth-order valence-corrected chi connectivity index (χ4v) is 1.38. The van der Waals surface area contributed by atoms with Crippen LogP contribution in [0.5, 0.6) is 0 Å². The molecule has 0 aliphatic heterocycles. The van der Waals surface area contributed by atoms with Gasteiger partial charge in [0.15, 0.2) is 0 Å². The van der Waals surface area contributed by atoms with Crippen molar-refractivity contribution in [3.05, 3.63) is 21.3 Å². The van der Waals surface area contributed by atoms with Gasteiger partial charge in [-0.15, -0.1) is 0 Å². The molecule has 0 aliphatic carbocycles. The van der Waals surface area contributed by atoms with Crippen molar-refractivity contribution in [3.8, 4) is 0 Å². The summed E-state index contributed by atoms with van der Waals surface area (Å²) < 4.78 is 0. The lowest BCUT2D eigenvalue weighted by Gasteiger charge is -2.13. The van der Waals surface area contributed by atoms with Crippen LogP contribution in [0.4, 0.5) is 5.82 Å². The van der Waals surface area contributed by atoms with Gasteiger partial charge in [-0.25, -0.2) is 4.98 Å². The topological polar surface area (TPSA) is 45.1 Å². The van der Waals surface area contributed by atoms with E-state index in [1.165, 1.54) is 6.07 Å². The largest absolute Gasteiger partial charge is 0.394 e. The number of anilines is 1. The molecule has 2 N–H and O–H groups in total. The maximum absolute atomic E-state index is 8.82. The number of nitrogens with zero attached hydrogens (tertiary/aromatic N) is 1. The van der Waals surface area contributed by atoms with E-state index in [0.29, 0.717) is 15.9 Å². The summed E-state index contributed by atoms with van der Waals surface area (Å²) in [4.78, 5) is 3.94. The number of hydrogen-bond donors (Lipinski definition) is 2. The van der Waals surface area contributed by atoms with E-state index in [2.05, 4.69) is 10.3 Å². The van der Waals surface area contributed by atoms with Gasteiger partial charge in [-0.2, -0.15) is 0 Å². The zero-order valence-electron chi connectivity index (χ0n) is 7.39. The smallest absolute Gasteiger partial charge is 0.150 e. The summed E-state index contributed by atoms with van der Waals surface area (Å²) in [5.74, 6) is 0.419. The molecule has 6 heteroatoms. The molecule has 0 fully saturated rings. The molecule has 0 aliphatic rings. The number of aromatic nitrogens is 1. The Morgan fingerprint density at radius 3 is 2.64 bits per heavy atom. The monoisotopic (exact) mass is 254 g/mol. The minimum absolute atomic E-state index is 0.0156. The lowest BCUT2D eigenvalue weighted by atomic mass is 10.3. The van der Waals surface area contributed by atoms with Crippen LogP contribution in [-0.4, -0.2) is 22.7 Å². The highest BCUT2D eigenvalue weighted by Gasteiger charge is 2.09. The molecule has 0 saturated heterocycles. The average molecular weight is 256 g/mol. The Hall–Kier alpha value is -0.220. The Bertz CT molecular complexity index is 333. The molecule has 0 amide bonds. The van der Waals surface area contributed by atoms with Crippen molar-refractivity contribution in [1.82, 2.24) is 4.98 Å². The summed E-state index contributed by atoms with van der Waals surface area (Å²) in [5, 5.41) is 12.6. The molecule has 1 heterocycles. The van der Waals surface area contributed by atoms with Crippen LogP contribution in [-0.2, 0) is 0 Å². The molecule has 0 spiro atoms. The zero-order chi connectivity index (χ0) is 10.7. The van der Waals surface area contributed by atoms with Crippen LogP contribution >= 0.6 is 34.8 Å². The van der Waals surface area contributed by atoms with E-state index in [-0.39, 0.29) is 17.8 Å². The second-order valence-electron chi connectivity index (χ2n) is 2.82. The first-order chi connectivity index (χ1) is 6.54. The summed E-state index contributed by atoms with van der Waals surface area (Å²) in [6, 6.07) is 1.36. The van der Waals surface area contributed by atoms with E-state index in [9.17, 15) is 0 Å². The summed E-state index contributed by atoms with van der Waals surface area (Å²) >= 11 is 17.3. The van der Waals surface area contributed by atoms with Gasteiger partial charge in [0.25, 0.3) is 0 Å². The highest BCUT2D eigenvalue weighted by atomic mass is 35.5. The fourth-order valence-electron chi connectivity index (χ4n) is 0.824. The van der Waals surface area contributed by atoms with Crippen LogP contribution in [0.3, 0.4) is 0 Å². The van der Waals surface area contributed by atoms with Gasteiger partial charge >= 0.3 is 0 Å². The van der Waals surface area contributed by atoms with Crippen LogP contribution in [0.15, 0.2) is 6.07 Å². The standard InChI is InChI=1S/C8H9Cl3N2O/c1-4(3-14)12-8-6(10)2-5(9)7(11)13-8/h2,4,14H,3H2,1H3,(H,12,13). The van der Waals surface area contributed by atoms with Crippen LogP contribution < -0.4 is 5.32 Å². The molecule has 0 bridgehead atoms. The molecule has 1 aromatic rings. The number of pyridine rings is 1. The summed E-state index contributed by atoms with van der Waals surface area (Å²) in [7, 11) is 0. The van der Waals surface area contributed by atoms with E-state index in [1.54, 1.807) is 6.92 Å². The molecule has 1 unspecified atom stereocenters. The van der Waals surface area contributed by atoms with Gasteiger partial charge in [0.1, 0.15) is 11.0 Å². The summed E-state index contributed by atoms with van der Waals surface area (Å²) in [5.41, 5.74) is 0. The highest BCUT2D eigenvalue weighted by Crippen LogP contribution is 2.28. The number of aliphatic hydroxyl groups excluding tert-OH is 1. The number of halogens is 3. The van der Waals surface area contributed by atoms with Crippen molar-refractivity contribution in [2.75, 3.05) is 11.9 Å². The van der Waals surface area contributed by atoms with E-state index >= 15 is 0 Å². The maximum Gasteiger partial charge on any atom is 0.150 e. The third-order valence-electron chi connectivity index (χ3n) is 1.54. The first-order valence-electron chi connectivity index (χ1n) is 3.93. The normalized spacial score (nSPS) is 12.6. The van der Waals surface area contributed by atoms with Crippen LogP contribution in [0.1, 0.15) is 6.92 Å². The summed E-state index contributed by atoms with van der Waals surface area (Å²) in [6.07, 6.45) is 0. The first-order valence-corrected chi connectivity index (χ1v) is 5.07. The van der Waals surface area contributed by atoms with Gasteiger partial charge in [-0.1, -0.05) is 34.8 Å². The molecule has 1 rings (SSSR count). The van der Waals surface area contributed by atoms with Gasteiger partial charge in [0, 0.05) is 6.04 Å². The number of nitrogens with one attached hydrogen (secondary N) is 1. The predicted octanol–water partition coefficient (Wildman–Crippen LogP) is 2.83. The Morgan fingerprint density at radius 2 is 2.07 bits per heavy atom. The van der Waals surface area contributed by atoms with E-state index < -0.39 is 0 Å². The summed E-state index contributed by atoms with van der Waals surface area (Å²) in [6.45, 7) is 1.78. The third-order valence-corrected chi connectivity index (χ3v) is 2.50. The number of hydrogen-bond acceptors (Lipinski definition) is 3. The molecular weight excluding hydrogens is 246 g/mol. The fraction of sp³-hybridized carbons (Fsp3) is 0.375. The van der Waals surface area contributed by atoms with Gasteiger partial charge in [0.2, 0.25) is 0 Å². The molecule has 0 saturated carbocycles. The van der Waals surface area contributed by atoms with Crippen molar-refractivity contribution in [2.45, 2.75) is 13.0 Å². The molecule has 3 nitrogen and oxygen atoms in total. The second kappa shape index (κ2) is 5.03. The predicted molar refractivity (Wildman–Crippen MR) is 59.4 cm³/mol. The number of rotatable bonds is 3. The first kappa shape index (κ1) is 11.9. The molecular formula is C8H9Cl3N2O.